The molecule has 23 heavy (non-hydrogen) atoms. The van der Waals surface area contributed by atoms with Gasteiger partial charge in [0.2, 0.25) is 5.91 Å². The minimum Gasteiger partial charge on any atom is -0.340 e. The normalized spacial score (nSPS) is 17.8. The van der Waals surface area contributed by atoms with Crippen LogP contribution in [0.1, 0.15) is 50.1 Å². The van der Waals surface area contributed by atoms with Crippen molar-refractivity contribution < 1.29 is 4.79 Å². The van der Waals surface area contributed by atoms with Crippen molar-refractivity contribution in [3.05, 3.63) is 17.0 Å². The van der Waals surface area contributed by atoms with Crippen LogP contribution in [0.25, 0.3) is 0 Å². The zero-order chi connectivity index (χ0) is 17.1. The molecule has 0 N–H and O–H groups in total. The fourth-order valence-electron chi connectivity index (χ4n) is 3.45. The fraction of sp³-hybridized carbons (Fsp3) is 0.778. The number of aromatic nitrogens is 2. The van der Waals surface area contributed by atoms with Gasteiger partial charge in [0.1, 0.15) is 0 Å². The smallest absolute Gasteiger partial charge is 0.230 e. The van der Waals surface area contributed by atoms with Gasteiger partial charge in [-0.2, -0.15) is 5.10 Å². The van der Waals surface area contributed by atoms with Gasteiger partial charge in [-0.15, -0.1) is 0 Å². The molecule has 0 aliphatic carbocycles. The Labute approximate surface area is 140 Å². The van der Waals surface area contributed by atoms with E-state index in [-0.39, 0.29) is 11.8 Å². The largest absolute Gasteiger partial charge is 0.340 e. The van der Waals surface area contributed by atoms with Crippen LogP contribution in [0.15, 0.2) is 0 Å². The number of carbonyl (C=O) groups excluding carboxylic acids is 1. The van der Waals surface area contributed by atoms with Crippen LogP contribution >= 0.6 is 0 Å². The van der Waals surface area contributed by atoms with Crippen LogP contribution < -0.4 is 0 Å². The Morgan fingerprint density at radius 3 is 2.22 bits per heavy atom. The third-order valence-electron chi connectivity index (χ3n) is 5.08. The highest BCUT2D eigenvalue weighted by molar-refractivity contribution is 5.84. The average molecular weight is 320 g/mol. The minimum absolute atomic E-state index is 0.106. The Balaban J connectivity index is 1.94. The monoisotopic (exact) mass is 320 g/mol. The predicted octanol–water partition coefficient (Wildman–Crippen LogP) is 2.33. The van der Waals surface area contributed by atoms with E-state index in [4.69, 9.17) is 0 Å². The molecule has 0 unspecified atom stereocenters. The van der Waals surface area contributed by atoms with E-state index in [9.17, 15) is 4.79 Å². The zero-order valence-corrected chi connectivity index (χ0v) is 15.6. The Bertz CT molecular complexity index is 541. The quantitative estimate of drug-likeness (QED) is 0.836. The molecule has 0 saturated carbocycles. The van der Waals surface area contributed by atoms with E-state index in [1.807, 2.05) is 37.4 Å². The molecular weight excluding hydrogens is 288 g/mol. The first kappa shape index (κ1) is 18.0. The summed E-state index contributed by atoms with van der Waals surface area (Å²) >= 11 is 0. The lowest BCUT2D eigenvalue weighted by molar-refractivity contribution is -0.134. The Morgan fingerprint density at radius 2 is 1.74 bits per heavy atom. The molecule has 1 amide bonds. The number of rotatable bonds is 5. The number of hydrogen-bond acceptors (Lipinski definition) is 3. The van der Waals surface area contributed by atoms with Gasteiger partial charge in [0.05, 0.1) is 11.6 Å². The lowest BCUT2D eigenvalue weighted by Crippen LogP contribution is -2.50. The van der Waals surface area contributed by atoms with E-state index in [1.165, 1.54) is 6.42 Å². The molecule has 2 heterocycles. The van der Waals surface area contributed by atoms with Crippen molar-refractivity contribution in [1.82, 2.24) is 19.6 Å². The molecule has 0 aromatic carbocycles. The van der Waals surface area contributed by atoms with Gasteiger partial charge >= 0.3 is 0 Å². The highest BCUT2D eigenvalue weighted by Gasteiger charge is 2.28. The molecule has 1 aromatic rings. The van der Waals surface area contributed by atoms with Crippen LogP contribution in [0, 0.1) is 19.8 Å². The zero-order valence-electron chi connectivity index (χ0n) is 15.6. The summed E-state index contributed by atoms with van der Waals surface area (Å²) in [6, 6.07) is 0. The van der Waals surface area contributed by atoms with Crippen LogP contribution in [0.5, 0.6) is 0 Å². The minimum atomic E-state index is -0.106. The molecule has 1 atom stereocenters. The first-order valence-electron chi connectivity index (χ1n) is 8.82. The molecule has 1 aromatic heterocycles. The van der Waals surface area contributed by atoms with Crippen molar-refractivity contribution in [1.29, 1.82) is 0 Å². The van der Waals surface area contributed by atoms with Gasteiger partial charge in [-0.1, -0.05) is 13.8 Å². The second kappa shape index (κ2) is 7.47. The maximum absolute atomic E-state index is 12.9. The van der Waals surface area contributed by atoms with Crippen LogP contribution in [0.3, 0.4) is 0 Å². The van der Waals surface area contributed by atoms with Gasteiger partial charge in [-0.25, -0.2) is 0 Å². The maximum atomic E-state index is 12.9. The number of aryl methyl sites for hydroxylation is 2. The summed E-state index contributed by atoms with van der Waals surface area (Å²) in [6.45, 7) is 15.4. The summed E-state index contributed by atoms with van der Waals surface area (Å²) < 4.78 is 1.87. The van der Waals surface area contributed by atoms with Crippen LogP contribution in [-0.4, -0.2) is 58.2 Å². The topological polar surface area (TPSA) is 41.4 Å². The van der Waals surface area contributed by atoms with Gasteiger partial charge in [-0.3, -0.25) is 14.4 Å². The van der Waals surface area contributed by atoms with Crippen molar-refractivity contribution in [3.8, 4) is 0 Å². The molecule has 0 bridgehead atoms. The van der Waals surface area contributed by atoms with Crippen molar-refractivity contribution in [3.63, 3.8) is 0 Å². The van der Waals surface area contributed by atoms with E-state index in [2.05, 4.69) is 23.8 Å². The molecule has 1 aliphatic heterocycles. The molecule has 2 rings (SSSR count). The Hall–Kier alpha value is -1.36. The third-order valence-corrected chi connectivity index (χ3v) is 5.08. The van der Waals surface area contributed by atoms with Crippen molar-refractivity contribution in [2.75, 3.05) is 32.7 Å². The van der Waals surface area contributed by atoms with Crippen LogP contribution in [0.2, 0.25) is 0 Å². The first-order chi connectivity index (χ1) is 10.8. The second-order valence-electron chi connectivity index (χ2n) is 7.28. The maximum Gasteiger partial charge on any atom is 0.230 e. The lowest BCUT2D eigenvalue weighted by Gasteiger charge is -2.36. The van der Waals surface area contributed by atoms with Gasteiger partial charge in [0.25, 0.3) is 0 Å². The summed E-state index contributed by atoms with van der Waals surface area (Å²) in [5.41, 5.74) is 3.17. The first-order valence-corrected chi connectivity index (χ1v) is 8.82. The summed E-state index contributed by atoms with van der Waals surface area (Å²) in [5, 5.41) is 4.45. The van der Waals surface area contributed by atoms with Crippen molar-refractivity contribution >= 4 is 5.91 Å². The van der Waals surface area contributed by atoms with E-state index in [0.29, 0.717) is 0 Å². The molecule has 0 spiro atoms. The summed E-state index contributed by atoms with van der Waals surface area (Å²) in [6.07, 6.45) is 1.23. The molecule has 1 fully saturated rings. The van der Waals surface area contributed by atoms with Crippen molar-refractivity contribution in [2.45, 2.75) is 47.0 Å². The Morgan fingerprint density at radius 1 is 1.13 bits per heavy atom. The van der Waals surface area contributed by atoms with E-state index < -0.39 is 0 Å². The standard InChI is InChI=1S/C18H32N4O/c1-13(2)7-8-21-9-11-22(12-10-21)18(23)14(3)17-15(4)19-20(6)16(17)5/h13-14H,7-12H2,1-6H3/t14-/m0/s1. The molecule has 130 valence electrons. The highest BCUT2D eigenvalue weighted by atomic mass is 16.2. The summed E-state index contributed by atoms with van der Waals surface area (Å²) in [7, 11) is 1.94. The molecular formula is C18H32N4O. The van der Waals surface area contributed by atoms with Gasteiger partial charge in [-0.05, 0) is 39.7 Å². The number of amides is 1. The molecule has 0 radical (unpaired) electrons. The Kier molecular flexibility index (Phi) is 5.84. The van der Waals surface area contributed by atoms with Crippen molar-refractivity contribution in [2.24, 2.45) is 13.0 Å². The van der Waals surface area contributed by atoms with E-state index in [0.717, 1.165) is 55.6 Å². The predicted molar refractivity (Wildman–Crippen MR) is 93.6 cm³/mol. The molecule has 1 aliphatic rings. The second-order valence-corrected chi connectivity index (χ2v) is 7.28. The number of nitrogens with zero attached hydrogens (tertiary/aromatic N) is 4. The lowest BCUT2D eigenvalue weighted by atomic mass is 9.97. The third kappa shape index (κ3) is 4.14. The number of hydrogen-bond donors (Lipinski definition) is 0. The van der Waals surface area contributed by atoms with Crippen LogP contribution in [0.4, 0.5) is 0 Å². The van der Waals surface area contributed by atoms with Gasteiger partial charge < -0.3 is 4.90 Å². The summed E-state index contributed by atoms with van der Waals surface area (Å²) in [5.74, 6) is 0.879. The average Bonchev–Trinajstić information content (AvgIpc) is 2.77. The SMILES string of the molecule is Cc1nn(C)c(C)c1[C@H](C)C(=O)N1CCN(CCC(C)C)CC1. The number of carbonyl (C=O) groups is 1. The van der Waals surface area contributed by atoms with E-state index >= 15 is 0 Å². The van der Waals surface area contributed by atoms with Gasteiger partial charge in [0, 0.05) is 44.5 Å². The molecule has 5 heteroatoms. The van der Waals surface area contributed by atoms with Crippen LogP contribution in [-0.2, 0) is 11.8 Å². The fourth-order valence-corrected chi connectivity index (χ4v) is 3.45. The highest BCUT2D eigenvalue weighted by Crippen LogP contribution is 2.25. The van der Waals surface area contributed by atoms with Gasteiger partial charge in [0.15, 0.2) is 0 Å². The van der Waals surface area contributed by atoms with E-state index in [1.54, 1.807) is 0 Å². The molecule has 1 saturated heterocycles. The molecule has 5 nitrogen and oxygen atoms in total. The number of piperazine rings is 1. The summed E-state index contributed by atoms with van der Waals surface area (Å²) in [4.78, 5) is 17.4.